The van der Waals surface area contributed by atoms with E-state index in [1.165, 1.54) is 63.6 Å². The van der Waals surface area contributed by atoms with Crippen molar-refractivity contribution >= 4 is 22.6 Å². The Hall–Kier alpha value is -2.04. The molecule has 0 aromatic heterocycles. The average molecular weight is 487 g/mol. The molecule has 0 fully saturated rings. The smallest absolute Gasteiger partial charge is 0.0278 e. The Bertz CT molecular complexity index is 1160. The van der Waals surface area contributed by atoms with Gasteiger partial charge in [-0.15, -0.1) is 5.73 Å². The first kappa shape index (κ1) is 30.2. The van der Waals surface area contributed by atoms with E-state index in [0.717, 1.165) is 37.0 Å². The Morgan fingerprint density at radius 1 is 0.833 bits per heavy atom. The third kappa shape index (κ3) is 7.98. The van der Waals surface area contributed by atoms with Gasteiger partial charge in [0.25, 0.3) is 0 Å². The summed E-state index contributed by atoms with van der Waals surface area (Å²) < 4.78 is 0. The van der Waals surface area contributed by atoms with Crippen molar-refractivity contribution in [2.45, 2.75) is 120 Å². The summed E-state index contributed by atoms with van der Waals surface area (Å²) in [5.74, 6) is 2.36. The molecule has 0 nitrogen and oxygen atoms in total. The van der Waals surface area contributed by atoms with E-state index >= 15 is 0 Å². The maximum atomic E-state index is 3.67. The van der Waals surface area contributed by atoms with Crippen LogP contribution in [0.1, 0.15) is 118 Å². The first-order valence-electron chi connectivity index (χ1n) is 14.7. The van der Waals surface area contributed by atoms with Crippen LogP contribution in [-0.4, -0.2) is 0 Å². The lowest BCUT2D eigenvalue weighted by Gasteiger charge is -2.25. The molecule has 0 bridgehead atoms. The van der Waals surface area contributed by atoms with Gasteiger partial charge in [-0.3, -0.25) is 0 Å². The van der Waals surface area contributed by atoms with Crippen LogP contribution in [-0.2, 0) is 18.3 Å². The molecule has 2 aromatic carbocycles. The summed E-state index contributed by atoms with van der Waals surface area (Å²) in [7, 11) is 0. The Labute approximate surface area is 223 Å². The average Bonchev–Trinajstić information content (AvgIpc) is 3.08. The summed E-state index contributed by atoms with van der Waals surface area (Å²) >= 11 is 0. The summed E-state index contributed by atoms with van der Waals surface area (Å²) in [6, 6.07) is 7.34. The summed E-state index contributed by atoms with van der Waals surface area (Å²) in [5.41, 5.74) is 8.36. The van der Waals surface area contributed by atoms with E-state index in [4.69, 9.17) is 0 Å². The molecule has 2 aromatic rings. The normalized spacial score (nSPS) is 13.7. The number of fused-ring (bicyclic) bond motifs is 2. The van der Waals surface area contributed by atoms with Gasteiger partial charge in [-0.25, -0.2) is 0 Å². The molecule has 198 valence electrons. The fraction of sp³-hybridized carbons (Fsp3) is 0.583. The third-order valence-corrected chi connectivity index (χ3v) is 7.93. The molecule has 0 saturated carbocycles. The number of aryl methyl sites for hydroxylation is 2. The fourth-order valence-corrected chi connectivity index (χ4v) is 4.78. The molecule has 1 aliphatic rings. The van der Waals surface area contributed by atoms with E-state index in [1.54, 1.807) is 0 Å². The predicted octanol–water partition coefficient (Wildman–Crippen LogP) is 9.43. The van der Waals surface area contributed by atoms with Crippen LogP contribution < -0.4 is 10.4 Å². The first-order chi connectivity index (χ1) is 17.0. The highest BCUT2D eigenvalue weighted by Crippen LogP contribution is 2.31. The second-order valence-electron chi connectivity index (χ2n) is 12.6. The Morgan fingerprint density at radius 3 is 2.11 bits per heavy atom. The van der Waals surface area contributed by atoms with Crippen molar-refractivity contribution in [2.24, 2.45) is 17.8 Å². The lowest BCUT2D eigenvalue weighted by molar-refractivity contribution is 0.382. The van der Waals surface area contributed by atoms with Gasteiger partial charge in [0, 0.05) is 5.22 Å². The highest BCUT2D eigenvalue weighted by Gasteiger charge is 2.20. The number of hydrogen-bond acceptors (Lipinski definition) is 0. The van der Waals surface area contributed by atoms with Gasteiger partial charge in [0.2, 0.25) is 0 Å². The van der Waals surface area contributed by atoms with Gasteiger partial charge >= 0.3 is 0 Å². The minimum atomic E-state index is 0.198. The highest BCUT2D eigenvalue weighted by atomic mass is 14.2. The standard InChI is InChI=1S/C32H44.C4H10/c1-8-10-16-26-27-17-12-11-13-18-28(27)29(19-14-15-24(5)23(3)4)31-22-25(20-21-30(26)31)32(6,7)9-2;1-4(2)3/h11-13,18,20-24H,8-10,14-16,19H2,1-7H3;4H,1-3H3. The lowest BCUT2D eigenvalue weighted by atomic mass is 9.79. The molecule has 0 aliphatic heterocycles. The summed E-state index contributed by atoms with van der Waals surface area (Å²) in [4.78, 5) is 0. The molecular formula is C36H54. The Balaban J connectivity index is 0.00000106. The summed E-state index contributed by atoms with van der Waals surface area (Å²) in [5, 5.41) is 5.69. The third-order valence-electron chi connectivity index (χ3n) is 7.93. The summed E-state index contributed by atoms with van der Waals surface area (Å²) in [6.07, 6.45) is 17.2. The van der Waals surface area contributed by atoms with Gasteiger partial charge < -0.3 is 0 Å². The quantitative estimate of drug-likeness (QED) is 0.314. The van der Waals surface area contributed by atoms with Crippen LogP contribution in [0.5, 0.6) is 0 Å². The number of allylic oxidation sites excluding steroid dienone is 3. The SMILES string of the molecule is CC(C)C.CCCCc1c2c(c(CCCC(C)C(C)C)c3cc(C(C)(C)CC)ccc13)=CC=CC=C=2. The van der Waals surface area contributed by atoms with Gasteiger partial charge in [0.15, 0.2) is 0 Å². The first-order valence-corrected chi connectivity index (χ1v) is 14.7. The molecule has 0 radical (unpaired) electrons. The molecular weight excluding hydrogens is 432 g/mol. The van der Waals surface area contributed by atoms with E-state index in [0.29, 0.717) is 0 Å². The largest absolute Gasteiger partial charge is 0.112 e. The van der Waals surface area contributed by atoms with Crippen molar-refractivity contribution in [1.82, 2.24) is 0 Å². The molecule has 1 atom stereocenters. The van der Waals surface area contributed by atoms with Crippen LogP contribution in [0.15, 0.2) is 36.4 Å². The Kier molecular flexibility index (Phi) is 11.8. The van der Waals surface area contributed by atoms with Crippen molar-refractivity contribution in [3.05, 3.63) is 63.6 Å². The van der Waals surface area contributed by atoms with Crippen LogP contribution in [0, 0.1) is 17.8 Å². The van der Waals surface area contributed by atoms with E-state index < -0.39 is 0 Å². The van der Waals surface area contributed by atoms with E-state index in [-0.39, 0.29) is 5.41 Å². The van der Waals surface area contributed by atoms with Crippen LogP contribution >= 0.6 is 0 Å². The van der Waals surface area contributed by atoms with E-state index in [2.05, 4.69) is 117 Å². The molecule has 0 amide bonds. The Morgan fingerprint density at radius 2 is 1.50 bits per heavy atom. The predicted molar refractivity (Wildman–Crippen MR) is 164 cm³/mol. The molecule has 1 aliphatic carbocycles. The van der Waals surface area contributed by atoms with Crippen molar-refractivity contribution < 1.29 is 0 Å². The molecule has 1 unspecified atom stereocenters. The topological polar surface area (TPSA) is 0 Å². The van der Waals surface area contributed by atoms with Crippen molar-refractivity contribution in [1.29, 1.82) is 0 Å². The number of benzene rings is 2. The van der Waals surface area contributed by atoms with Crippen LogP contribution in [0.25, 0.3) is 22.6 Å². The number of rotatable bonds is 10. The minimum absolute atomic E-state index is 0.198. The molecule has 0 heterocycles. The molecule has 3 rings (SSSR count). The highest BCUT2D eigenvalue weighted by molar-refractivity contribution is 5.90. The van der Waals surface area contributed by atoms with Crippen LogP contribution in [0.2, 0.25) is 0 Å². The van der Waals surface area contributed by atoms with Gasteiger partial charge in [-0.1, -0.05) is 119 Å². The van der Waals surface area contributed by atoms with Gasteiger partial charge in [-0.05, 0) is 94.0 Å². The molecule has 36 heavy (non-hydrogen) atoms. The monoisotopic (exact) mass is 486 g/mol. The van der Waals surface area contributed by atoms with Crippen molar-refractivity contribution in [3.63, 3.8) is 0 Å². The minimum Gasteiger partial charge on any atom is -0.112 e. The zero-order valence-electron chi connectivity index (χ0n) is 25.2. The van der Waals surface area contributed by atoms with Crippen molar-refractivity contribution in [3.8, 4) is 0 Å². The maximum absolute atomic E-state index is 3.67. The molecule has 0 saturated heterocycles. The second-order valence-corrected chi connectivity index (χ2v) is 12.6. The van der Waals surface area contributed by atoms with E-state index in [1.807, 2.05) is 0 Å². The number of hydrogen-bond donors (Lipinski definition) is 0. The van der Waals surface area contributed by atoms with Gasteiger partial charge in [-0.2, -0.15) is 0 Å². The van der Waals surface area contributed by atoms with Crippen LogP contribution in [0.3, 0.4) is 0 Å². The zero-order chi connectivity index (χ0) is 26.9. The number of unbranched alkanes of at least 4 members (excludes halogenated alkanes) is 1. The second kappa shape index (κ2) is 14.0. The molecule has 0 spiro atoms. The van der Waals surface area contributed by atoms with Gasteiger partial charge in [0.1, 0.15) is 0 Å². The lowest BCUT2D eigenvalue weighted by Crippen LogP contribution is -2.32. The van der Waals surface area contributed by atoms with E-state index in [9.17, 15) is 0 Å². The van der Waals surface area contributed by atoms with Crippen molar-refractivity contribution in [2.75, 3.05) is 0 Å². The fourth-order valence-electron chi connectivity index (χ4n) is 4.78. The van der Waals surface area contributed by atoms with Gasteiger partial charge in [0.05, 0.1) is 0 Å². The molecule has 0 heteroatoms. The molecule has 0 N–H and O–H groups in total. The van der Waals surface area contributed by atoms with Crippen LogP contribution in [0.4, 0.5) is 0 Å². The summed E-state index contributed by atoms with van der Waals surface area (Å²) in [6.45, 7) is 23.0. The zero-order valence-corrected chi connectivity index (χ0v) is 25.2. The maximum Gasteiger partial charge on any atom is 0.0278 e.